The van der Waals surface area contributed by atoms with Crippen molar-refractivity contribution in [3.8, 4) is 0 Å². The highest BCUT2D eigenvalue weighted by molar-refractivity contribution is 6.35. The molecule has 1 aromatic carbocycles. The molecular weight excluding hydrogens is 443 g/mol. The van der Waals surface area contributed by atoms with Gasteiger partial charge in [0.25, 0.3) is 5.91 Å². The lowest BCUT2D eigenvalue weighted by Crippen LogP contribution is -2.39. The van der Waals surface area contributed by atoms with E-state index in [2.05, 4.69) is 4.90 Å². The highest BCUT2D eigenvalue weighted by Gasteiger charge is 2.44. The standard InChI is InChI=1S/C22H22Cl2N2O5/c23-14-4-5-15(16(24)13-14)19-18(20(27)17-3-1-10-31-17)21(28)22(29)26(19)7-2-6-25-8-11-30-12-9-25/h1,3-5,10,13,19,28H,2,6-9,11-12H2/t19-/m0/s1. The lowest BCUT2D eigenvalue weighted by atomic mass is 9.95. The van der Waals surface area contributed by atoms with E-state index in [-0.39, 0.29) is 11.3 Å². The highest BCUT2D eigenvalue weighted by Crippen LogP contribution is 2.42. The van der Waals surface area contributed by atoms with E-state index in [1.54, 1.807) is 24.3 Å². The molecule has 2 aliphatic heterocycles. The van der Waals surface area contributed by atoms with Crippen molar-refractivity contribution in [3.63, 3.8) is 0 Å². The number of amides is 1. The van der Waals surface area contributed by atoms with Crippen molar-refractivity contribution in [2.75, 3.05) is 39.4 Å². The summed E-state index contributed by atoms with van der Waals surface area (Å²) in [5, 5.41) is 11.4. The van der Waals surface area contributed by atoms with Gasteiger partial charge in [-0.1, -0.05) is 29.3 Å². The van der Waals surface area contributed by atoms with E-state index < -0.39 is 23.5 Å². The summed E-state index contributed by atoms with van der Waals surface area (Å²) >= 11 is 12.5. The zero-order valence-electron chi connectivity index (χ0n) is 16.7. The van der Waals surface area contributed by atoms with E-state index in [9.17, 15) is 14.7 Å². The Kier molecular flexibility index (Phi) is 6.67. The fraction of sp³-hybridized carbons (Fsp3) is 0.364. The Bertz CT molecular complexity index is 999. The normalized spacial score (nSPS) is 20.0. The number of aliphatic hydroxyl groups is 1. The third kappa shape index (κ3) is 4.50. The molecule has 0 unspecified atom stereocenters. The average molecular weight is 465 g/mol. The Morgan fingerprint density at radius 3 is 2.61 bits per heavy atom. The number of ether oxygens (including phenoxy) is 1. The van der Waals surface area contributed by atoms with Crippen LogP contribution in [-0.4, -0.2) is 66.0 Å². The molecule has 0 saturated carbocycles. The van der Waals surface area contributed by atoms with Crippen LogP contribution in [0, 0.1) is 0 Å². The van der Waals surface area contributed by atoms with Gasteiger partial charge < -0.3 is 19.2 Å². The smallest absolute Gasteiger partial charge is 0.290 e. The van der Waals surface area contributed by atoms with Crippen molar-refractivity contribution in [1.82, 2.24) is 9.80 Å². The van der Waals surface area contributed by atoms with Crippen LogP contribution in [0.5, 0.6) is 0 Å². The number of rotatable bonds is 7. The van der Waals surface area contributed by atoms with Crippen molar-refractivity contribution >= 4 is 34.9 Å². The number of benzene rings is 1. The predicted octanol–water partition coefficient (Wildman–Crippen LogP) is 3.89. The largest absolute Gasteiger partial charge is 0.503 e. The molecule has 0 bridgehead atoms. The number of furan rings is 1. The fourth-order valence-corrected chi connectivity index (χ4v) is 4.50. The first-order valence-electron chi connectivity index (χ1n) is 10.0. The van der Waals surface area contributed by atoms with Crippen molar-refractivity contribution in [2.24, 2.45) is 0 Å². The van der Waals surface area contributed by atoms with Gasteiger partial charge in [0.15, 0.2) is 11.5 Å². The van der Waals surface area contributed by atoms with Gasteiger partial charge >= 0.3 is 0 Å². The molecule has 0 aliphatic carbocycles. The molecule has 3 heterocycles. The van der Waals surface area contributed by atoms with Gasteiger partial charge in [0.1, 0.15) is 0 Å². The molecule has 0 spiro atoms. The Labute approximate surface area is 189 Å². The van der Waals surface area contributed by atoms with Crippen LogP contribution < -0.4 is 0 Å². The first-order chi connectivity index (χ1) is 15.0. The molecule has 1 fully saturated rings. The monoisotopic (exact) mass is 464 g/mol. The molecule has 1 saturated heterocycles. The second-order valence-corrected chi connectivity index (χ2v) is 8.29. The van der Waals surface area contributed by atoms with Crippen LogP contribution in [0.3, 0.4) is 0 Å². The number of morpholine rings is 1. The molecule has 164 valence electrons. The SMILES string of the molecule is O=C(C1=C(O)C(=O)N(CCCN2CCOCC2)[C@H]1c1ccc(Cl)cc1Cl)c1ccco1. The highest BCUT2D eigenvalue weighted by atomic mass is 35.5. The van der Waals surface area contributed by atoms with E-state index in [1.165, 1.54) is 17.2 Å². The van der Waals surface area contributed by atoms with Crippen molar-refractivity contribution < 1.29 is 23.8 Å². The number of ketones is 1. The summed E-state index contributed by atoms with van der Waals surface area (Å²) < 4.78 is 10.6. The minimum atomic E-state index is -0.834. The number of hydrogen-bond acceptors (Lipinski definition) is 6. The van der Waals surface area contributed by atoms with Crippen molar-refractivity contribution in [2.45, 2.75) is 12.5 Å². The number of carbonyl (C=O) groups is 2. The summed E-state index contributed by atoms with van der Waals surface area (Å²) in [4.78, 5) is 29.8. The molecule has 31 heavy (non-hydrogen) atoms. The molecule has 7 nitrogen and oxygen atoms in total. The van der Waals surface area contributed by atoms with Gasteiger partial charge in [-0.2, -0.15) is 0 Å². The Morgan fingerprint density at radius 2 is 1.94 bits per heavy atom. The molecule has 1 amide bonds. The molecule has 2 aliphatic rings. The quantitative estimate of drug-likeness (QED) is 0.625. The van der Waals surface area contributed by atoms with Crippen LogP contribution >= 0.6 is 23.2 Å². The van der Waals surface area contributed by atoms with Crippen LogP contribution in [0.15, 0.2) is 52.3 Å². The Morgan fingerprint density at radius 1 is 1.16 bits per heavy atom. The number of Topliss-reactive ketones (excluding diaryl/α,β-unsaturated/α-hetero) is 1. The molecule has 0 radical (unpaired) electrons. The first-order valence-corrected chi connectivity index (χ1v) is 10.8. The lowest BCUT2D eigenvalue weighted by Gasteiger charge is -2.30. The second-order valence-electron chi connectivity index (χ2n) is 7.44. The van der Waals surface area contributed by atoms with Crippen LogP contribution in [0.4, 0.5) is 0 Å². The molecule has 1 atom stereocenters. The predicted molar refractivity (Wildman–Crippen MR) is 115 cm³/mol. The number of halogens is 2. The van der Waals surface area contributed by atoms with Gasteiger partial charge in [-0.25, -0.2) is 0 Å². The first kappa shape index (κ1) is 21.9. The molecule has 2 aromatic rings. The lowest BCUT2D eigenvalue weighted by molar-refractivity contribution is -0.129. The maximum Gasteiger partial charge on any atom is 0.290 e. The summed E-state index contributed by atoms with van der Waals surface area (Å²) in [6.45, 7) is 4.18. The van der Waals surface area contributed by atoms with Crippen molar-refractivity contribution in [1.29, 1.82) is 0 Å². The minimum absolute atomic E-state index is 0.0413. The van der Waals surface area contributed by atoms with E-state index in [0.717, 1.165) is 19.6 Å². The van der Waals surface area contributed by atoms with Gasteiger partial charge in [-0.15, -0.1) is 0 Å². The number of nitrogens with zero attached hydrogens (tertiary/aromatic N) is 2. The average Bonchev–Trinajstić information content (AvgIpc) is 3.38. The maximum absolute atomic E-state index is 13.1. The van der Waals surface area contributed by atoms with Gasteiger partial charge in [-0.3, -0.25) is 14.5 Å². The summed E-state index contributed by atoms with van der Waals surface area (Å²) in [5.41, 5.74) is 0.472. The number of carbonyl (C=O) groups excluding carboxylic acids is 2. The van der Waals surface area contributed by atoms with E-state index in [4.69, 9.17) is 32.4 Å². The minimum Gasteiger partial charge on any atom is -0.503 e. The van der Waals surface area contributed by atoms with Gasteiger partial charge in [-0.05, 0) is 36.2 Å². The summed E-state index contributed by atoms with van der Waals surface area (Å²) in [6, 6.07) is 7.11. The topological polar surface area (TPSA) is 83.2 Å². The van der Waals surface area contributed by atoms with Crippen molar-refractivity contribution in [3.05, 3.63) is 69.3 Å². The molecule has 4 rings (SSSR count). The summed E-state index contributed by atoms with van der Waals surface area (Å²) in [5.74, 6) is -1.70. The fourth-order valence-electron chi connectivity index (χ4n) is 3.99. The van der Waals surface area contributed by atoms with Gasteiger partial charge in [0.05, 0.1) is 31.1 Å². The van der Waals surface area contributed by atoms with E-state index in [1.807, 2.05) is 0 Å². The molecule has 9 heteroatoms. The third-order valence-electron chi connectivity index (χ3n) is 5.53. The Balaban J connectivity index is 1.63. The number of hydrogen-bond donors (Lipinski definition) is 1. The van der Waals surface area contributed by atoms with Crippen LogP contribution in [-0.2, 0) is 9.53 Å². The van der Waals surface area contributed by atoms with E-state index >= 15 is 0 Å². The molecule has 1 N–H and O–H groups in total. The summed E-state index contributed by atoms with van der Waals surface area (Å²) in [7, 11) is 0. The molecule has 1 aromatic heterocycles. The summed E-state index contributed by atoms with van der Waals surface area (Å²) in [6.07, 6.45) is 2.04. The van der Waals surface area contributed by atoms with Crippen LogP contribution in [0.25, 0.3) is 0 Å². The van der Waals surface area contributed by atoms with Crippen LogP contribution in [0.1, 0.15) is 28.6 Å². The Hall–Kier alpha value is -2.32. The van der Waals surface area contributed by atoms with Gasteiger partial charge in [0.2, 0.25) is 5.78 Å². The third-order valence-corrected chi connectivity index (χ3v) is 6.09. The number of aliphatic hydroxyl groups excluding tert-OH is 1. The van der Waals surface area contributed by atoms with E-state index in [0.29, 0.717) is 41.8 Å². The van der Waals surface area contributed by atoms with Gasteiger partial charge in [0, 0.05) is 36.2 Å². The second kappa shape index (κ2) is 9.44. The maximum atomic E-state index is 13.1. The zero-order chi connectivity index (χ0) is 22.0. The zero-order valence-corrected chi connectivity index (χ0v) is 18.2. The van der Waals surface area contributed by atoms with Crippen LogP contribution in [0.2, 0.25) is 10.0 Å². The molecular formula is C22H22Cl2N2O5.